The molecule has 0 atom stereocenters. The van der Waals surface area contributed by atoms with Crippen molar-refractivity contribution in [3.05, 3.63) is 108 Å². The molecule has 1 saturated heterocycles. The van der Waals surface area contributed by atoms with Crippen LogP contribution >= 0.6 is 0 Å². The van der Waals surface area contributed by atoms with Crippen LogP contribution in [-0.4, -0.2) is 59.0 Å². The minimum atomic E-state index is -0.309. The number of amides is 2. The molecule has 0 bridgehead atoms. The summed E-state index contributed by atoms with van der Waals surface area (Å²) in [7, 11) is 0. The van der Waals surface area contributed by atoms with Gasteiger partial charge in [-0.05, 0) is 74.0 Å². The van der Waals surface area contributed by atoms with Crippen molar-refractivity contribution in [2.75, 3.05) is 32.8 Å². The number of hydrogen-bond donors (Lipinski definition) is 0. The number of carbonyl (C=O) groups excluding carboxylic acids is 2. The zero-order valence-electron chi connectivity index (χ0n) is 21.6. The van der Waals surface area contributed by atoms with E-state index in [1.807, 2.05) is 79.1 Å². The molecule has 4 aromatic rings. The van der Waals surface area contributed by atoms with Gasteiger partial charge in [0.1, 0.15) is 11.6 Å². The molecule has 0 radical (unpaired) electrons. The molecule has 0 aliphatic carbocycles. The molecule has 1 fully saturated rings. The van der Waals surface area contributed by atoms with Gasteiger partial charge in [0.2, 0.25) is 0 Å². The Morgan fingerprint density at radius 1 is 0.816 bits per heavy atom. The molecule has 2 amide bonds. The summed E-state index contributed by atoms with van der Waals surface area (Å²) in [5.41, 5.74) is 5.12. The lowest BCUT2D eigenvalue weighted by atomic mass is 10.1. The maximum atomic E-state index is 13.7. The van der Waals surface area contributed by atoms with E-state index in [-0.39, 0.29) is 24.2 Å². The summed E-state index contributed by atoms with van der Waals surface area (Å²) >= 11 is 0. The van der Waals surface area contributed by atoms with Gasteiger partial charge >= 0.3 is 0 Å². The number of carbonyl (C=O) groups is 2. The molecule has 1 aliphatic rings. The average molecular weight is 512 g/mol. The summed E-state index contributed by atoms with van der Waals surface area (Å²) in [4.78, 5) is 29.8. The summed E-state index contributed by atoms with van der Waals surface area (Å²) in [5.74, 6) is 0.169. The highest BCUT2D eigenvalue weighted by atomic mass is 19.1. The second-order valence-electron chi connectivity index (χ2n) is 9.48. The van der Waals surface area contributed by atoms with Crippen molar-refractivity contribution >= 4 is 11.8 Å². The Hall–Kier alpha value is -4.39. The van der Waals surface area contributed by atoms with E-state index in [4.69, 9.17) is 4.74 Å². The highest BCUT2D eigenvalue weighted by molar-refractivity contribution is 5.97. The lowest BCUT2D eigenvalue weighted by Gasteiger charge is -2.34. The van der Waals surface area contributed by atoms with Crippen molar-refractivity contribution in [1.29, 1.82) is 0 Å². The first-order valence-electron chi connectivity index (χ1n) is 12.7. The molecular weight excluding hydrogens is 481 g/mol. The zero-order chi connectivity index (χ0) is 26.6. The van der Waals surface area contributed by atoms with Crippen LogP contribution < -0.4 is 4.74 Å². The van der Waals surface area contributed by atoms with Crippen molar-refractivity contribution in [2.45, 2.75) is 13.8 Å². The Labute approximate surface area is 221 Å². The molecule has 0 saturated carbocycles. The van der Waals surface area contributed by atoms with Crippen LogP contribution in [0, 0.1) is 19.7 Å². The number of hydrogen-bond acceptors (Lipinski definition) is 3. The van der Waals surface area contributed by atoms with E-state index >= 15 is 0 Å². The van der Waals surface area contributed by atoms with Gasteiger partial charge in [-0.2, -0.15) is 0 Å². The SMILES string of the molecule is Cc1ccc(-n2c(-c3ccc(F)cc3)cc(C(=O)N3CCN(C(=O)COc4ccccc4)CC3)c2C)cc1. The van der Waals surface area contributed by atoms with Crippen LogP contribution in [0.1, 0.15) is 21.6 Å². The van der Waals surface area contributed by atoms with Crippen molar-refractivity contribution in [3.63, 3.8) is 0 Å². The molecule has 0 unspecified atom stereocenters. The van der Waals surface area contributed by atoms with Crippen LogP contribution in [0.3, 0.4) is 0 Å². The van der Waals surface area contributed by atoms with Gasteiger partial charge in [0.25, 0.3) is 11.8 Å². The molecule has 1 aliphatic heterocycles. The Bertz CT molecular complexity index is 1420. The molecule has 5 rings (SSSR count). The van der Waals surface area contributed by atoms with Gasteiger partial charge in [-0.1, -0.05) is 35.9 Å². The predicted molar refractivity (Wildman–Crippen MR) is 145 cm³/mol. The Morgan fingerprint density at radius 3 is 2.11 bits per heavy atom. The van der Waals surface area contributed by atoms with E-state index in [0.29, 0.717) is 37.5 Å². The second-order valence-corrected chi connectivity index (χ2v) is 9.48. The number of para-hydroxylation sites is 1. The third-order valence-electron chi connectivity index (χ3n) is 6.93. The Kier molecular flexibility index (Phi) is 7.26. The maximum Gasteiger partial charge on any atom is 0.260 e. The van der Waals surface area contributed by atoms with Crippen molar-refractivity contribution in [1.82, 2.24) is 14.4 Å². The standard InChI is InChI=1S/C31H30FN3O3/c1-22-8-14-26(15-9-22)35-23(2)28(20-29(35)24-10-12-25(32)13-11-24)31(37)34-18-16-33(17-19-34)30(36)21-38-27-6-4-3-5-7-27/h3-15,20H,16-19,21H2,1-2H3. The number of aryl methyl sites for hydroxylation is 1. The normalized spacial score (nSPS) is 13.4. The molecule has 1 aromatic heterocycles. The predicted octanol–water partition coefficient (Wildman–Crippen LogP) is 5.26. The van der Waals surface area contributed by atoms with Gasteiger partial charge < -0.3 is 19.1 Å². The molecule has 3 aromatic carbocycles. The number of aromatic nitrogens is 1. The maximum absolute atomic E-state index is 13.7. The molecule has 0 spiro atoms. The first-order valence-corrected chi connectivity index (χ1v) is 12.7. The van der Waals surface area contributed by atoms with Crippen LogP contribution in [0.25, 0.3) is 16.9 Å². The van der Waals surface area contributed by atoms with Gasteiger partial charge in [0.05, 0.1) is 11.3 Å². The first kappa shape index (κ1) is 25.3. The van der Waals surface area contributed by atoms with Gasteiger partial charge in [0, 0.05) is 37.6 Å². The molecule has 6 nitrogen and oxygen atoms in total. The number of ether oxygens (including phenoxy) is 1. The van der Waals surface area contributed by atoms with Gasteiger partial charge in [-0.3, -0.25) is 9.59 Å². The number of benzene rings is 3. The van der Waals surface area contributed by atoms with E-state index in [9.17, 15) is 14.0 Å². The van der Waals surface area contributed by atoms with Crippen LogP contribution in [0.15, 0.2) is 84.9 Å². The van der Waals surface area contributed by atoms with E-state index < -0.39 is 0 Å². The van der Waals surface area contributed by atoms with E-state index in [1.54, 1.807) is 21.9 Å². The average Bonchev–Trinajstić information content (AvgIpc) is 3.29. The summed E-state index contributed by atoms with van der Waals surface area (Å²) in [6.45, 7) is 5.71. The lowest BCUT2D eigenvalue weighted by molar-refractivity contribution is -0.134. The lowest BCUT2D eigenvalue weighted by Crippen LogP contribution is -2.51. The first-order chi connectivity index (χ1) is 18.4. The molecule has 2 heterocycles. The fraction of sp³-hybridized carbons (Fsp3) is 0.226. The van der Waals surface area contributed by atoms with E-state index in [0.717, 1.165) is 28.2 Å². The van der Waals surface area contributed by atoms with Gasteiger partial charge in [-0.25, -0.2) is 4.39 Å². The number of piperazine rings is 1. The second kappa shape index (κ2) is 10.9. The summed E-state index contributed by atoms with van der Waals surface area (Å²) in [5, 5.41) is 0. The topological polar surface area (TPSA) is 54.8 Å². The van der Waals surface area contributed by atoms with Crippen LogP contribution in [0.4, 0.5) is 4.39 Å². The fourth-order valence-corrected chi connectivity index (χ4v) is 4.77. The Balaban J connectivity index is 1.33. The van der Waals surface area contributed by atoms with Gasteiger partial charge in [0.15, 0.2) is 6.61 Å². The molecule has 7 heteroatoms. The van der Waals surface area contributed by atoms with Crippen molar-refractivity contribution in [2.24, 2.45) is 0 Å². The molecule has 194 valence electrons. The number of rotatable bonds is 6. The monoisotopic (exact) mass is 511 g/mol. The Morgan fingerprint density at radius 2 is 1.45 bits per heavy atom. The molecular formula is C31H30FN3O3. The van der Waals surface area contributed by atoms with Crippen LogP contribution in [0.5, 0.6) is 5.75 Å². The largest absolute Gasteiger partial charge is 0.484 e. The van der Waals surface area contributed by atoms with Crippen LogP contribution in [0.2, 0.25) is 0 Å². The third kappa shape index (κ3) is 5.32. The van der Waals surface area contributed by atoms with Gasteiger partial charge in [-0.15, -0.1) is 0 Å². The molecule has 0 N–H and O–H groups in total. The highest BCUT2D eigenvalue weighted by Gasteiger charge is 2.28. The van der Waals surface area contributed by atoms with Crippen molar-refractivity contribution < 1.29 is 18.7 Å². The van der Waals surface area contributed by atoms with Crippen LogP contribution in [-0.2, 0) is 4.79 Å². The third-order valence-corrected chi connectivity index (χ3v) is 6.93. The highest BCUT2D eigenvalue weighted by Crippen LogP contribution is 2.31. The number of halogens is 1. The fourth-order valence-electron chi connectivity index (χ4n) is 4.77. The molecule has 38 heavy (non-hydrogen) atoms. The quantitative estimate of drug-likeness (QED) is 0.355. The summed E-state index contributed by atoms with van der Waals surface area (Å²) in [6, 6.07) is 25.5. The minimum absolute atomic E-state index is 0.0303. The summed E-state index contributed by atoms with van der Waals surface area (Å²) in [6.07, 6.45) is 0. The summed E-state index contributed by atoms with van der Waals surface area (Å²) < 4.78 is 21.3. The van der Waals surface area contributed by atoms with E-state index in [1.165, 1.54) is 12.1 Å². The smallest absolute Gasteiger partial charge is 0.260 e. The zero-order valence-corrected chi connectivity index (χ0v) is 21.6. The van der Waals surface area contributed by atoms with E-state index in [2.05, 4.69) is 0 Å². The minimum Gasteiger partial charge on any atom is -0.484 e. The number of nitrogens with zero attached hydrogens (tertiary/aromatic N) is 3. The van der Waals surface area contributed by atoms with Crippen molar-refractivity contribution in [3.8, 4) is 22.7 Å².